The van der Waals surface area contributed by atoms with E-state index in [-0.39, 0.29) is 5.56 Å². The number of halogens is 1. The van der Waals surface area contributed by atoms with Gasteiger partial charge in [0.25, 0.3) is 5.78 Å². The highest BCUT2D eigenvalue weighted by Gasteiger charge is 2.35. The summed E-state index contributed by atoms with van der Waals surface area (Å²) in [6.07, 6.45) is 0. The molecule has 0 unspecified atom stereocenters. The minimum atomic E-state index is -0.781. The second-order valence-corrected chi connectivity index (χ2v) is 3.10. The molecule has 0 aromatic heterocycles. The lowest BCUT2D eigenvalue weighted by Crippen LogP contribution is -2.19. The first-order valence-electron chi connectivity index (χ1n) is 3.74. The second-order valence-electron chi connectivity index (χ2n) is 2.76. The molecule has 2 rings (SSSR count). The number of amides is 1. The fourth-order valence-electron chi connectivity index (χ4n) is 1.27. The Balaban J connectivity index is 2.66. The summed E-state index contributed by atoms with van der Waals surface area (Å²) in [5, 5.41) is 8.59. The Labute approximate surface area is 84.4 Å². The Hall–Kier alpha value is -1.86. The molecule has 14 heavy (non-hydrogen) atoms. The Morgan fingerprint density at radius 3 is 2.71 bits per heavy atom. The summed E-state index contributed by atoms with van der Waals surface area (Å²) in [6.45, 7) is 0. The van der Waals surface area contributed by atoms with E-state index in [2.05, 4.69) is 0 Å². The van der Waals surface area contributed by atoms with E-state index in [1.165, 1.54) is 18.2 Å². The molecule has 0 N–H and O–H groups in total. The number of hydrogen-bond acceptors (Lipinski definition) is 3. The number of Topliss-reactive ketones (excluding diaryl/α,β-unsaturated/α-hetero) is 1. The zero-order chi connectivity index (χ0) is 10.3. The van der Waals surface area contributed by atoms with Crippen LogP contribution in [-0.4, -0.2) is 11.7 Å². The van der Waals surface area contributed by atoms with Gasteiger partial charge in [-0.2, -0.15) is 5.26 Å². The van der Waals surface area contributed by atoms with Crippen molar-refractivity contribution in [2.45, 2.75) is 0 Å². The van der Waals surface area contributed by atoms with Crippen LogP contribution in [0.5, 0.6) is 0 Å². The maximum Gasteiger partial charge on any atom is 0.314 e. The molecule has 68 valence electrons. The van der Waals surface area contributed by atoms with Crippen molar-refractivity contribution in [3.05, 3.63) is 29.3 Å². The molecule has 1 aromatic rings. The lowest BCUT2D eigenvalue weighted by molar-refractivity contribution is -0.113. The molecule has 0 spiro atoms. The Kier molecular flexibility index (Phi) is 1.76. The molecule has 1 aliphatic heterocycles. The van der Waals surface area contributed by atoms with Crippen molar-refractivity contribution in [3.8, 4) is 6.07 Å². The molecule has 0 radical (unpaired) electrons. The first-order valence-corrected chi connectivity index (χ1v) is 4.07. The zero-order valence-corrected chi connectivity index (χ0v) is 7.58. The van der Waals surface area contributed by atoms with Gasteiger partial charge in [0.2, 0.25) is 0 Å². The standard InChI is InChI=1S/C9H3ClN2O2/c10-12-7-2-1-5(4-11)3-6(7)8(13)9(12)14/h1-3H. The van der Waals surface area contributed by atoms with Crippen LogP contribution < -0.4 is 4.42 Å². The van der Waals surface area contributed by atoms with E-state index in [1.54, 1.807) is 0 Å². The topological polar surface area (TPSA) is 61.2 Å². The maximum atomic E-state index is 11.3. The maximum absolute atomic E-state index is 11.3. The molecule has 0 aliphatic carbocycles. The molecule has 0 fully saturated rings. The number of ketones is 1. The summed E-state index contributed by atoms with van der Waals surface area (Å²) in [5.74, 6) is -1.45. The highest BCUT2D eigenvalue weighted by Crippen LogP contribution is 2.30. The van der Waals surface area contributed by atoms with Crippen molar-refractivity contribution < 1.29 is 9.59 Å². The van der Waals surface area contributed by atoms with Crippen LogP contribution in [-0.2, 0) is 4.79 Å². The van der Waals surface area contributed by atoms with Crippen LogP contribution in [0.1, 0.15) is 15.9 Å². The third-order valence-corrected chi connectivity index (χ3v) is 2.29. The van der Waals surface area contributed by atoms with Gasteiger partial charge in [0.1, 0.15) is 0 Å². The quantitative estimate of drug-likeness (QED) is 0.474. The van der Waals surface area contributed by atoms with Crippen LogP contribution in [0.4, 0.5) is 5.69 Å². The Bertz CT molecular complexity index is 490. The first kappa shape index (κ1) is 8.73. The summed E-state index contributed by atoms with van der Waals surface area (Å²) in [6, 6.07) is 6.22. The van der Waals surface area contributed by atoms with Gasteiger partial charge in [-0.05, 0) is 18.2 Å². The fraction of sp³-hybridized carbons (Fsp3) is 0. The van der Waals surface area contributed by atoms with Crippen LogP contribution >= 0.6 is 11.8 Å². The van der Waals surface area contributed by atoms with Gasteiger partial charge in [0, 0.05) is 11.8 Å². The number of fused-ring (bicyclic) bond motifs is 1. The third kappa shape index (κ3) is 0.998. The number of nitriles is 1. The van der Waals surface area contributed by atoms with Crippen molar-refractivity contribution in [3.63, 3.8) is 0 Å². The van der Waals surface area contributed by atoms with E-state index in [4.69, 9.17) is 17.0 Å². The van der Waals surface area contributed by atoms with Crippen molar-refractivity contribution in [1.82, 2.24) is 0 Å². The summed E-state index contributed by atoms with van der Waals surface area (Å²) < 4.78 is 0.763. The number of carbonyl (C=O) groups is 2. The molecular formula is C9H3ClN2O2. The van der Waals surface area contributed by atoms with Gasteiger partial charge >= 0.3 is 5.91 Å². The van der Waals surface area contributed by atoms with Crippen LogP contribution in [0.2, 0.25) is 0 Å². The molecule has 0 saturated carbocycles. The monoisotopic (exact) mass is 206 g/mol. The fourth-order valence-corrected chi connectivity index (χ4v) is 1.50. The van der Waals surface area contributed by atoms with Gasteiger partial charge in [0.05, 0.1) is 22.9 Å². The number of hydrogen-bond donors (Lipinski definition) is 0. The van der Waals surface area contributed by atoms with Crippen LogP contribution in [0, 0.1) is 11.3 Å². The number of nitrogens with zero attached hydrogens (tertiary/aromatic N) is 2. The van der Waals surface area contributed by atoms with Crippen molar-refractivity contribution in [2.75, 3.05) is 4.42 Å². The number of anilines is 1. The predicted octanol–water partition coefficient (Wildman–Crippen LogP) is 1.24. The molecule has 1 heterocycles. The molecule has 1 aromatic carbocycles. The molecule has 0 bridgehead atoms. The average molecular weight is 207 g/mol. The molecule has 4 nitrogen and oxygen atoms in total. The summed E-state index contributed by atoms with van der Waals surface area (Å²) in [4.78, 5) is 22.4. The van der Waals surface area contributed by atoms with E-state index in [0.717, 1.165) is 4.42 Å². The summed E-state index contributed by atoms with van der Waals surface area (Å²) >= 11 is 5.56. The second kappa shape index (κ2) is 2.82. The molecule has 0 saturated heterocycles. The van der Waals surface area contributed by atoms with Crippen LogP contribution in [0.3, 0.4) is 0 Å². The highest BCUT2D eigenvalue weighted by molar-refractivity contribution is 6.61. The number of carbonyl (C=O) groups excluding carboxylic acids is 2. The van der Waals surface area contributed by atoms with Gasteiger partial charge < -0.3 is 0 Å². The normalized spacial score (nSPS) is 14.1. The third-order valence-electron chi connectivity index (χ3n) is 1.95. The molecule has 5 heteroatoms. The van der Waals surface area contributed by atoms with Gasteiger partial charge in [-0.15, -0.1) is 0 Å². The minimum Gasteiger partial charge on any atom is -0.283 e. The lowest BCUT2D eigenvalue weighted by Gasteiger charge is -2.03. The van der Waals surface area contributed by atoms with E-state index >= 15 is 0 Å². The van der Waals surface area contributed by atoms with Crippen LogP contribution in [0.15, 0.2) is 18.2 Å². The molecule has 1 aliphatic rings. The number of rotatable bonds is 0. The molecule has 1 amide bonds. The zero-order valence-electron chi connectivity index (χ0n) is 6.82. The molecule has 0 atom stereocenters. The van der Waals surface area contributed by atoms with Crippen molar-refractivity contribution in [1.29, 1.82) is 5.26 Å². The molecular weight excluding hydrogens is 204 g/mol. The van der Waals surface area contributed by atoms with Gasteiger partial charge in [-0.25, -0.2) is 4.42 Å². The van der Waals surface area contributed by atoms with Crippen molar-refractivity contribution >= 4 is 29.2 Å². The minimum absolute atomic E-state index is 0.184. The SMILES string of the molecule is N#Cc1ccc2c(c1)C(=O)C(=O)N2Cl. The van der Waals surface area contributed by atoms with Gasteiger partial charge in [-0.1, -0.05) is 0 Å². The highest BCUT2D eigenvalue weighted by atomic mass is 35.5. The first-order chi connectivity index (χ1) is 6.65. The predicted molar refractivity (Wildman–Crippen MR) is 48.8 cm³/mol. The summed E-state index contributed by atoms with van der Waals surface area (Å²) in [7, 11) is 0. The van der Waals surface area contributed by atoms with Gasteiger partial charge in [-0.3, -0.25) is 9.59 Å². The Morgan fingerprint density at radius 2 is 2.07 bits per heavy atom. The smallest absolute Gasteiger partial charge is 0.283 e. The van der Waals surface area contributed by atoms with Crippen molar-refractivity contribution in [2.24, 2.45) is 0 Å². The van der Waals surface area contributed by atoms with E-state index in [0.29, 0.717) is 11.3 Å². The van der Waals surface area contributed by atoms with E-state index in [9.17, 15) is 9.59 Å². The average Bonchev–Trinajstić information content (AvgIpc) is 2.44. The largest absolute Gasteiger partial charge is 0.314 e. The van der Waals surface area contributed by atoms with E-state index in [1.807, 2.05) is 6.07 Å². The van der Waals surface area contributed by atoms with E-state index < -0.39 is 11.7 Å². The number of benzene rings is 1. The lowest BCUT2D eigenvalue weighted by atomic mass is 10.1. The van der Waals surface area contributed by atoms with Gasteiger partial charge in [0.15, 0.2) is 0 Å². The Morgan fingerprint density at radius 1 is 1.36 bits per heavy atom. The summed E-state index contributed by atoms with van der Waals surface area (Å²) in [5.41, 5.74) is 0.849. The van der Waals surface area contributed by atoms with Crippen LogP contribution in [0.25, 0.3) is 0 Å².